The van der Waals surface area contributed by atoms with Crippen LogP contribution in [0.25, 0.3) is 0 Å². The number of carbonyl (C=O) groups excluding carboxylic acids is 1. The summed E-state index contributed by atoms with van der Waals surface area (Å²) in [5, 5.41) is 87.8. The molecule has 0 saturated carbocycles. The quantitative estimate of drug-likeness (QED) is 0.0204. The molecular weight excluding hydrogens is 1270 g/mol. The number of unbranched alkanes of at least 4 members (excludes halogenated alkanes) is 49. The van der Waals surface area contributed by atoms with Crippen LogP contribution in [0.2, 0.25) is 0 Å². The van der Waals surface area contributed by atoms with Crippen molar-refractivity contribution >= 4 is 5.91 Å². The van der Waals surface area contributed by atoms with Crippen molar-refractivity contribution in [3.8, 4) is 0 Å². The summed E-state index contributed by atoms with van der Waals surface area (Å²) in [7, 11) is 0. The zero-order valence-electron chi connectivity index (χ0n) is 64.9. The Bertz CT molecular complexity index is 1980. The molecule has 12 atom stereocenters. The van der Waals surface area contributed by atoms with Gasteiger partial charge in [0.2, 0.25) is 5.91 Å². The molecule has 2 heterocycles. The fraction of sp³-hybridized carbons (Fsp3) is 0.851. The van der Waals surface area contributed by atoms with Crippen molar-refractivity contribution in [2.24, 2.45) is 0 Å². The lowest BCUT2D eigenvalue weighted by molar-refractivity contribution is -0.359. The fourth-order valence-corrected chi connectivity index (χ4v) is 14.0. The molecule has 0 spiro atoms. The first kappa shape index (κ1) is 94.5. The standard InChI is InChI=1S/C87H159NO13/c1-3-5-7-9-11-13-15-17-19-21-23-25-27-29-31-33-35-36-37-38-39-40-41-43-45-47-49-51-53-55-57-59-61-63-65-67-69-71-79(92)88-75(74-98-86-84(97)82(95)85(78(73-90)100-86)101-87-83(96)81(94)80(93)77(72-89)99-87)76(91)70-68-66-64-62-60-58-56-54-52-50-48-46-44-42-34-32-30-28-26-24-22-20-18-16-14-12-10-8-6-4-2/h5,7,11,13,17,19,23,25,60,62,68,70,75-78,80-87,89-91,93-97H,3-4,6,8-10,12,14-16,18,20-22,24,26-59,61,63-67,69,71-74H2,1-2H3,(H,88,92)/b7-5-,13-11-,19-17-,25-23-,62-60+,70-68+. The van der Waals surface area contributed by atoms with Crippen molar-refractivity contribution in [1.29, 1.82) is 0 Å². The van der Waals surface area contributed by atoms with Gasteiger partial charge in [-0.2, -0.15) is 0 Å². The Labute approximate surface area is 618 Å². The molecule has 590 valence electrons. The smallest absolute Gasteiger partial charge is 0.220 e. The number of hydrogen-bond donors (Lipinski definition) is 9. The molecular formula is C87H159NO13. The molecule has 2 fully saturated rings. The summed E-state index contributed by atoms with van der Waals surface area (Å²) in [6, 6.07) is -0.934. The van der Waals surface area contributed by atoms with E-state index in [9.17, 15) is 45.6 Å². The number of ether oxygens (including phenoxy) is 4. The Hall–Kier alpha value is -2.57. The lowest BCUT2D eigenvalue weighted by Gasteiger charge is -2.46. The van der Waals surface area contributed by atoms with Gasteiger partial charge >= 0.3 is 0 Å². The van der Waals surface area contributed by atoms with E-state index in [0.29, 0.717) is 12.8 Å². The Morgan fingerprint density at radius 1 is 0.366 bits per heavy atom. The predicted octanol–water partition coefficient (Wildman–Crippen LogP) is 20.1. The Morgan fingerprint density at radius 3 is 1.09 bits per heavy atom. The summed E-state index contributed by atoms with van der Waals surface area (Å²) in [6.07, 6.45) is 81.5. The fourth-order valence-electron chi connectivity index (χ4n) is 14.0. The Balaban J connectivity index is 1.59. The highest BCUT2D eigenvalue weighted by Gasteiger charge is 2.51. The second kappa shape index (κ2) is 70.4. The average molecular weight is 1430 g/mol. The number of hydrogen-bond acceptors (Lipinski definition) is 13. The monoisotopic (exact) mass is 1430 g/mol. The summed E-state index contributed by atoms with van der Waals surface area (Å²) in [6.45, 7) is 2.73. The van der Waals surface area contributed by atoms with Crippen LogP contribution in [-0.2, 0) is 23.7 Å². The number of aliphatic hydroxyl groups is 8. The highest BCUT2D eigenvalue weighted by Crippen LogP contribution is 2.30. The van der Waals surface area contributed by atoms with Gasteiger partial charge in [-0.05, 0) is 70.6 Å². The molecule has 0 radical (unpaired) electrons. The number of aliphatic hydroxyl groups excluding tert-OH is 8. The molecule has 2 rings (SSSR count). The minimum atomic E-state index is -1.79. The lowest BCUT2D eigenvalue weighted by atomic mass is 9.97. The number of carbonyl (C=O) groups is 1. The van der Waals surface area contributed by atoms with Gasteiger partial charge in [0.25, 0.3) is 0 Å². The number of rotatable bonds is 72. The van der Waals surface area contributed by atoms with E-state index >= 15 is 0 Å². The van der Waals surface area contributed by atoms with Crippen LogP contribution in [0.1, 0.15) is 380 Å². The number of amides is 1. The third kappa shape index (κ3) is 53.0. The van der Waals surface area contributed by atoms with E-state index in [1.807, 2.05) is 6.08 Å². The van der Waals surface area contributed by atoms with E-state index in [1.54, 1.807) is 6.08 Å². The van der Waals surface area contributed by atoms with Gasteiger partial charge in [-0.1, -0.05) is 376 Å². The van der Waals surface area contributed by atoms with Crippen molar-refractivity contribution in [2.75, 3.05) is 19.8 Å². The highest BCUT2D eigenvalue weighted by molar-refractivity contribution is 5.76. The number of nitrogens with one attached hydrogen (secondary N) is 1. The molecule has 2 saturated heterocycles. The van der Waals surface area contributed by atoms with Crippen LogP contribution < -0.4 is 5.32 Å². The summed E-state index contributed by atoms with van der Waals surface area (Å²) in [5.41, 5.74) is 0. The van der Waals surface area contributed by atoms with Crippen molar-refractivity contribution < 1.29 is 64.6 Å². The van der Waals surface area contributed by atoms with Crippen LogP contribution in [0.3, 0.4) is 0 Å². The molecule has 0 aromatic heterocycles. The largest absolute Gasteiger partial charge is 0.394 e. The summed E-state index contributed by atoms with van der Waals surface area (Å²) in [4.78, 5) is 13.4. The van der Waals surface area contributed by atoms with E-state index in [2.05, 4.69) is 79.9 Å². The lowest BCUT2D eigenvalue weighted by Crippen LogP contribution is -2.65. The van der Waals surface area contributed by atoms with E-state index in [0.717, 1.165) is 57.8 Å². The third-order valence-electron chi connectivity index (χ3n) is 20.6. The van der Waals surface area contributed by atoms with E-state index < -0.39 is 86.8 Å². The van der Waals surface area contributed by atoms with Crippen LogP contribution >= 0.6 is 0 Å². The highest BCUT2D eigenvalue weighted by atomic mass is 16.7. The Morgan fingerprint density at radius 2 is 0.693 bits per heavy atom. The Kier molecular flexibility index (Phi) is 65.9. The van der Waals surface area contributed by atoms with Gasteiger partial charge in [0.1, 0.15) is 48.8 Å². The molecule has 0 aromatic rings. The molecule has 2 aliphatic rings. The van der Waals surface area contributed by atoms with Gasteiger partial charge in [0.15, 0.2) is 12.6 Å². The van der Waals surface area contributed by atoms with Crippen molar-refractivity contribution in [2.45, 2.75) is 453 Å². The first-order valence-electron chi connectivity index (χ1n) is 42.7. The molecule has 0 aromatic carbocycles. The van der Waals surface area contributed by atoms with Crippen LogP contribution in [0.4, 0.5) is 0 Å². The number of allylic oxidation sites excluding steroid dienone is 11. The van der Waals surface area contributed by atoms with Gasteiger partial charge in [-0.15, -0.1) is 0 Å². The molecule has 101 heavy (non-hydrogen) atoms. The second-order valence-corrected chi connectivity index (χ2v) is 29.9. The van der Waals surface area contributed by atoms with E-state index in [-0.39, 0.29) is 18.9 Å². The van der Waals surface area contributed by atoms with Crippen molar-refractivity contribution in [3.63, 3.8) is 0 Å². The molecule has 12 unspecified atom stereocenters. The van der Waals surface area contributed by atoms with Crippen molar-refractivity contribution in [1.82, 2.24) is 5.32 Å². The molecule has 1 amide bonds. The third-order valence-corrected chi connectivity index (χ3v) is 20.6. The topological polar surface area (TPSA) is 228 Å². The molecule has 9 N–H and O–H groups in total. The molecule has 14 heteroatoms. The van der Waals surface area contributed by atoms with Crippen LogP contribution in [0, 0.1) is 0 Å². The van der Waals surface area contributed by atoms with Crippen molar-refractivity contribution in [3.05, 3.63) is 72.9 Å². The van der Waals surface area contributed by atoms with Gasteiger partial charge in [-0.3, -0.25) is 4.79 Å². The predicted molar refractivity (Wildman–Crippen MR) is 420 cm³/mol. The maximum Gasteiger partial charge on any atom is 0.220 e. The minimum Gasteiger partial charge on any atom is -0.394 e. The maximum atomic E-state index is 13.4. The zero-order chi connectivity index (χ0) is 73.0. The molecule has 0 aliphatic carbocycles. The summed E-state index contributed by atoms with van der Waals surface area (Å²) < 4.78 is 22.9. The van der Waals surface area contributed by atoms with Gasteiger partial charge in [-0.25, -0.2) is 0 Å². The summed E-state index contributed by atoms with van der Waals surface area (Å²) in [5.74, 6) is -0.242. The van der Waals surface area contributed by atoms with E-state index in [1.165, 1.54) is 289 Å². The van der Waals surface area contributed by atoms with Crippen LogP contribution in [0.5, 0.6) is 0 Å². The van der Waals surface area contributed by atoms with Crippen LogP contribution in [-0.4, -0.2) is 140 Å². The van der Waals surface area contributed by atoms with Gasteiger partial charge < -0.3 is 65.1 Å². The first-order chi connectivity index (χ1) is 49.6. The van der Waals surface area contributed by atoms with Crippen LogP contribution in [0.15, 0.2) is 72.9 Å². The molecule has 2 aliphatic heterocycles. The van der Waals surface area contributed by atoms with Gasteiger partial charge in [0, 0.05) is 6.42 Å². The average Bonchev–Trinajstić information content (AvgIpc) is 0.792. The molecule has 14 nitrogen and oxygen atoms in total. The first-order valence-corrected chi connectivity index (χ1v) is 42.7. The van der Waals surface area contributed by atoms with E-state index in [4.69, 9.17) is 18.9 Å². The second-order valence-electron chi connectivity index (χ2n) is 29.9. The minimum absolute atomic E-state index is 0.242. The SMILES string of the molecule is CC/C=C\C/C=C\C/C=C\C/C=C\CCCCCCCCCCCCCCCCCCCCCCCCCCC(=O)NC(COC1OC(CO)C(OC2OC(CO)C(O)C(O)C2O)C(O)C1O)C(O)/C=C/CC/C=C/CCCCCCCCCCCCCCCCCCCCCCCCCC. The zero-order valence-corrected chi connectivity index (χ0v) is 64.9. The summed E-state index contributed by atoms with van der Waals surface area (Å²) >= 11 is 0. The normalized spacial score (nSPS) is 22.1. The maximum absolute atomic E-state index is 13.4. The van der Waals surface area contributed by atoms with Gasteiger partial charge in [0.05, 0.1) is 32.0 Å². The molecule has 0 bridgehead atoms.